The van der Waals surface area contributed by atoms with Crippen LogP contribution < -0.4 is 5.32 Å². The summed E-state index contributed by atoms with van der Waals surface area (Å²) in [6.07, 6.45) is 2.43. The van der Waals surface area contributed by atoms with Gasteiger partial charge in [-0.25, -0.2) is 0 Å². The van der Waals surface area contributed by atoms with E-state index in [4.69, 9.17) is 21.5 Å². The molecule has 2 aromatic rings. The summed E-state index contributed by atoms with van der Waals surface area (Å²) in [5, 5.41) is 12.9. The molecule has 7 nitrogen and oxygen atoms in total. The maximum Gasteiger partial charge on any atom is 0.222 e. The Labute approximate surface area is 208 Å². The first-order valence-electron chi connectivity index (χ1n) is 11.3. The minimum absolute atomic E-state index is 0.230. The quantitative estimate of drug-likeness (QED) is 0.593. The zero-order valence-corrected chi connectivity index (χ0v) is 21.4. The van der Waals surface area contributed by atoms with Gasteiger partial charge in [0, 0.05) is 42.7 Å². The van der Waals surface area contributed by atoms with Crippen LogP contribution >= 0.6 is 11.6 Å². The summed E-state index contributed by atoms with van der Waals surface area (Å²) in [4.78, 5) is 28.4. The summed E-state index contributed by atoms with van der Waals surface area (Å²) in [5.41, 5.74) is 3.12. The number of halogens is 1. The lowest BCUT2D eigenvalue weighted by atomic mass is 10.1. The van der Waals surface area contributed by atoms with Gasteiger partial charge in [0.2, 0.25) is 5.91 Å². The largest absolute Gasteiger partial charge is 0.508 e. The van der Waals surface area contributed by atoms with E-state index < -0.39 is 0 Å². The van der Waals surface area contributed by atoms with Crippen molar-refractivity contribution >= 4 is 30.1 Å². The van der Waals surface area contributed by atoms with Gasteiger partial charge in [0.1, 0.15) is 18.4 Å². The summed E-state index contributed by atoms with van der Waals surface area (Å²) >= 11 is 5.65. The summed E-state index contributed by atoms with van der Waals surface area (Å²) in [5.74, 6) is 1.47. The highest BCUT2D eigenvalue weighted by atomic mass is 35.5. The Hall–Kier alpha value is -2.90. The van der Waals surface area contributed by atoms with Gasteiger partial charge < -0.3 is 25.0 Å². The fourth-order valence-electron chi connectivity index (χ4n) is 3.18. The van der Waals surface area contributed by atoms with E-state index in [0.29, 0.717) is 11.4 Å². The number of nitrogens with zero attached hydrogens (tertiary/aromatic N) is 3. The van der Waals surface area contributed by atoms with Crippen molar-refractivity contribution in [3.05, 3.63) is 64.2 Å². The molecule has 8 heteroatoms. The Balaban J connectivity index is 0.000000437. The summed E-state index contributed by atoms with van der Waals surface area (Å²) in [7, 11) is 5.96. The molecular weight excluding hydrogens is 452 g/mol. The minimum atomic E-state index is 0.230. The lowest BCUT2D eigenvalue weighted by Gasteiger charge is -2.18. The van der Waals surface area contributed by atoms with Crippen LogP contribution in [0.15, 0.2) is 47.5 Å². The molecule has 0 aromatic heterocycles. The Bertz CT molecular complexity index is 897. The number of amidine groups is 1. The van der Waals surface area contributed by atoms with Gasteiger partial charge in [0.25, 0.3) is 0 Å². The van der Waals surface area contributed by atoms with Crippen molar-refractivity contribution in [2.24, 2.45) is 4.99 Å². The molecular formula is C26H37ClN4O3. The van der Waals surface area contributed by atoms with Crippen molar-refractivity contribution in [3.8, 4) is 5.75 Å². The fourth-order valence-corrected chi connectivity index (χ4v) is 3.35. The van der Waals surface area contributed by atoms with Crippen LogP contribution in [0.1, 0.15) is 29.5 Å². The van der Waals surface area contributed by atoms with E-state index in [9.17, 15) is 4.79 Å². The van der Waals surface area contributed by atoms with Crippen molar-refractivity contribution in [1.82, 2.24) is 15.1 Å². The lowest BCUT2D eigenvalue weighted by Crippen LogP contribution is -2.29. The van der Waals surface area contributed by atoms with E-state index in [1.165, 1.54) is 5.56 Å². The van der Waals surface area contributed by atoms with Crippen LogP contribution in [-0.2, 0) is 16.0 Å². The molecule has 0 atom stereocenters. The van der Waals surface area contributed by atoms with Gasteiger partial charge in [0.05, 0.1) is 6.54 Å². The van der Waals surface area contributed by atoms with Crippen LogP contribution in [0.3, 0.4) is 0 Å². The number of amides is 1. The predicted octanol–water partition coefficient (Wildman–Crippen LogP) is 3.55. The Kier molecular flexibility index (Phi) is 13.6. The van der Waals surface area contributed by atoms with Crippen LogP contribution in [0, 0.1) is 6.92 Å². The standard InChI is InChI=1S/C18H28N4O.C7H7ClO.CH2O/c1-21(2)13-4-5-17(23)22(3)14-10-15-6-8-16(9-7-15)18-19-11-12-20-18;1-5-6(8)3-2-4-7(5)9;1-2/h6-9H,4-5,10-14H2,1-3H3,(H,19,20);2-4,9H,1H3;1H2. The number of carbonyl (C=O) groups is 2. The highest BCUT2D eigenvalue weighted by molar-refractivity contribution is 6.31. The molecule has 0 bridgehead atoms. The van der Waals surface area contributed by atoms with Gasteiger partial charge in [-0.1, -0.05) is 41.9 Å². The second kappa shape index (κ2) is 15.9. The smallest absolute Gasteiger partial charge is 0.222 e. The first-order valence-corrected chi connectivity index (χ1v) is 11.6. The van der Waals surface area contributed by atoms with Gasteiger partial charge in [-0.05, 0) is 58.1 Å². The number of carbonyl (C=O) groups excluding carboxylic acids is 2. The molecule has 2 aromatic carbocycles. The van der Waals surface area contributed by atoms with Gasteiger partial charge in [-0.3, -0.25) is 9.79 Å². The molecule has 1 aliphatic rings. The summed E-state index contributed by atoms with van der Waals surface area (Å²) < 4.78 is 0. The third-order valence-corrected chi connectivity index (χ3v) is 5.71. The van der Waals surface area contributed by atoms with Crippen molar-refractivity contribution < 1.29 is 14.7 Å². The van der Waals surface area contributed by atoms with Crippen LogP contribution in [0.5, 0.6) is 5.75 Å². The van der Waals surface area contributed by atoms with Crippen molar-refractivity contribution in [3.63, 3.8) is 0 Å². The molecule has 3 rings (SSSR count). The number of nitrogens with one attached hydrogen (secondary N) is 1. The Morgan fingerprint density at radius 2 is 1.79 bits per heavy atom. The van der Waals surface area contributed by atoms with Gasteiger partial charge in [-0.15, -0.1) is 0 Å². The third-order valence-electron chi connectivity index (χ3n) is 5.30. The molecule has 0 fully saturated rings. The summed E-state index contributed by atoms with van der Waals surface area (Å²) in [6, 6.07) is 13.5. The minimum Gasteiger partial charge on any atom is -0.508 e. The molecule has 1 aliphatic heterocycles. The topological polar surface area (TPSA) is 85.2 Å². The monoisotopic (exact) mass is 488 g/mol. The van der Waals surface area contributed by atoms with E-state index in [-0.39, 0.29) is 11.7 Å². The molecule has 1 heterocycles. The van der Waals surface area contributed by atoms with Crippen molar-refractivity contribution in [2.45, 2.75) is 26.2 Å². The van der Waals surface area contributed by atoms with E-state index >= 15 is 0 Å². The van der Waals surface area contributed by atoms with E-state index in [1.807, 2.05) is 32.8 Å². The number of hydrogen-bond acceptors (Lipinski definition) is 6. The molecule has 2 N–H and O–H groups in total. The maximum atomic E-state index is 12.1. The zero-order chi connectivity index (χ0) is 25.5. The molecule has 0 radical (unpaired) electrons. The van der Waals surface area contributed by atoms with Crippen LogP contribution in [0.2, 0.25) is 5.02 Å². The van der Waals surface area contributed by atoms with E-state index in [0.717, 1.165) is 56.0 Å². The predicted molar refractivity (Wildman–Crippen MR) is 140 cm³/mol. The Morgan fingerprint density at radius 3 is 2.32 bits per heavy atom. The highest BCUT2D eigenvalue weighted by Crippen LogP contribution is 2.22. The fraction of sp³-hybridized carbons (Fsp3) is 0.423. The molecule has 0 saturated heterocycles. The number of likely N-dealkylation sites (N-methyl/N-ethyl adjacent to an activating group) is 1. The van der Waals surface area contributed by atoms with E-state index in [2.05, 4.69) is 39.5 Å². The first kappa shape index (κ1) is 29.1. The molecule has 186 valence electrons. The number of phenols is 1. The highest BCUT2D eigenvalue weighted by Gasteiger charge is 2.10. The average molecular weight is 489 g/mol. The van der Waals surface area contributed by atoms with Crippen molar-refractivity contribution in [1.29, 1.82) is 0 Å². The summed E-state index contributed by atoms with van der Waals surface area (Å²) in [6.45, 7) is 7.28. The second-order valence-electron chi connectivity index (χ2n) is 8.21. The average Bonchev–Trinajstić information content (AvgIpc) is 3.38. The molecule has 0 spiro atoms. The molecule has 1 amide bonds. The lowest BCUT2D eigenvalue weighted by molar-refractivity contribution is -0.130. The maximum absolute atomic E-state index is 12.1. The second-order valence-corrected chi connectivity index (χ2v) is 8.62. The van der Waals surface area contributed by atoms with Gasteiger partial charge in [-0.2, -0.15) is 0 Å². The third kappa shape index (κ3) is 10.4. The zero-order valence-electron chi connectivity index (χ0n) is 20.7. The Morgan fingerprint density at radius 1 is 1.12 bits per heavy atom. The molecule has 34 heavy (non-hydrogen) atoms. The number of rotatable bonds is 8. The SMILES string of the molecule is C=O.CN(C)CCCC(=O)N(C)CCc1ccc(C2=NCCN2)cc1.Cc1c(O)cccc1Cl. The van der Waals surface area contributed by atoms with Crippen LogP contribution in [-0.4, -0.2) is 80.8 Å². The molecule has 0 unspecified atom stereocenters. The van der Waals surface area contributed by atoms with Gasteiger partial charge >= 0.3 is 0 Å². The van der Waals surface area contributed by atoms with E-state index in [1.54, 1.807) is 25.1 Å². The molecule has 0 aliphatic carbocycles. The van der Waals surface area contributed by atoms with Crippen LogP contribution in [0.4, 0.5) is 0 Å². The number of aliphatic imine (C=N–C) groups is 1. The molecule has 0 saturated carbocycles. The number of hydrogen-bond donors (Lipinski definition) is 2. The van der Waals surface area contributed by atoms with Gasteiger partial charge in [0.15, 0.2) is 0 Å². The first-order chi connectivity index (χ1) is 16.3. The number of benzene rings is 2. The number of aromatic hydroxyl groups is 1. The normalized spacial score (nSPS) is 12.0. The van der Waals surface area contributed by atoms with Crippen LogP contribution in [0.25, 0.3) is 0 Å². The van der Waals surface area contributed by atoms with Crippen molar-refractivity contribution in [2.75, 3.05) is 47.3 Å². The number of phenolic OH excluding ortho intramolecular Hbond substituents is 1.